The van der Waals surface area contributed by atoms with Crippen LogP contribution in [0.4, 0.5) is 0 Å². The molecule has 0 aliphatic carbocycles. The zero-order valence-corrected chi connectivity index (χ0v) is 10.2. The molecule has 1 unspecified atom stereocenters. The van der Waals surface area contributed by atoms with Gasteiger partial charge < -0.3 is 5.73 Å². The van der Waals surface area contributed by atoms with Crippen LogP contribution in [0.25, 0.3) is 10.1 Å². The monoisotopic (exact) mass is 239 g/mol. The Labute approximate surface area is 98.9 Å². The molecule has 0 saturated carbocycles. The highest BCUT2D eigenvalue weighted by molar-refractivity contribution is 7.17. The highest BCUT2D eigenvalue weighted by Gasteiger charge is 2.09. The minimum absolute atomic E-state index is 0.208. The first-order valence-corrected chi connectivity index (χ1v) is 6.38. The standard InChI is InChI=1S/C12H14ClNS/c1-2-10(14)7-9-4-3-8-5-6-15-12(8)11(9)13/h3-6,10H,2,7,14H2,1H3. The van der Waals surface area contributed by atoms with Gasteiger partial charge in [-0.05, 0) is 35.2 Å². The SMILES string of the molecule is CCC(N)Cc1ccc2ccsc2c1Cl. The summed E-state index contributed by atoms with van der Waals surface area (Å²) >= 11 is 8.03. The predicted octanol–water partition coefficient (Wildman–Crippen LogP) is 3.83. The number of hydrogen-bond donors (Lipinski definition) is 1. The molecule has 0 amide bonds. The molecule has 0 aliphatic rings. The van der Waals surface area contributed by atoms with Gasteiger partial charge in [-0.2, -0.15) is 0 Å². The van der Waals surface area contributed by atoms with Crippen molar-refractivity contribution in [2.24, 2.45) is 5.73 Å². The lowest BCUT2D eigenvalue weighted by atomic mass is 10.0. The first-order chi connectivity index (χ1) is 7.22. The average Bonchev–Trinajstić information content (AvgIpc) is 2.70. The Hall–Kier alpha value is -0.570. The topological polar surface area (TPSA) is 26.0 Å². The summed E-state index contributed by atoms with van der Waals surface area (Å²) in [6.07, 6.45) is 1.85. The number of benzene rings is 1. The lowest BCUT2D eigenvalue weighted by Crippen LogP contribution is -2.21. The van der Waals surface area contributed by atoms with Crippen LogP contribution in [0.5, 0.6) is 0 Å². The minimum Gasteiger partial charge on any atom is -0.327 e. The van der Waals surface area contributed by atoms with Crippen molar-refractivity contribution in [3.8, 4) is 0 Å². The van der Waals surface area contributed by atoms with Crippen molar-refractivity contribution in [2.45, 2.75) is 25.8 Å². The fourth-order valence-corrected chi connectivity index (χ4v) is 2.86. The van der Waals surface area contributed by atoms with Crippen molar-refractivity contribution in [1.82, 2.24) is 0 Å². The molecule has 80 valence electrons. The fraction of sp³-hybridized carbons (Fsp3) is 0.333. The second-order valence-corrected chi connectivity index (χ2v) is 5.04. The molecule has 1 aromatic carbocycles. The third kappa shape index (κ3) is 2.17. The summed E-state index contributed by atoms with van der Waals surface area (Å²) in [5.74, 6) is 0. The quantitative estimate of drug-likeness (QED) is 0.866. The molecular weight excluding hydrogens is 226 g/mol. The van der Waals surface area contributed by atoms with Crippen LogP contribution in [-0.4, -0.2) is 6.04 Å². The molecule has 0 spiro atoms. The highest BCUT2D eigenvalue weighted by Crippen LogP contribution is 2.32. The number of rotatable bonds is 3. The first kappa shape index (κ1) is 10.9. The van der Waals surface area contributed by atoms with Gasteiger partial charge >= 0.3 is 0 Å². The zero-order chi connectivity index (χ0) is 10.8. The molecule has 2 rings (SSSR count). The van der Waals surface area contributed by atoms with Crippen LogP contribution in [0, 0.1) is 0 Å². The third-order valence-electron chi connectivity index (χ3n) is 2.65. The minimum atomic E-state index is 0.208. The molecule has 0 saturated heterocycles. The molecule has 0 bridgehead atoms. The summed E-state index contributed by atoms with van der Waals surface area (Å²) in [6.45, 7) is 2.10. The second-order valence-electron chi connectivity index (χ2n) is 3.75. The Kier molecular flexibility index (Phi) is 3.29. The number of fused-ring (bicyclic) bond motifs is 1. The van der Waals surface area contributed by atoms with Gasteiger partial charge in [0.05, 0.1) is 9.72 Å². The van der Waals surface area contributed by atoms with E-state index in [1.54, 1.807) is 11.3 Å². The molecule has 1 nitrogen and oxygen atoms in total. The van der Waals surface area contributed by atoms with E-state index < -0.39 is 0 Å². The molecule has 15 heavy (non-hydrogen) atoms. The van der Waals surface area contributed by atoms with Gasteiger partial charge in [0.15, 0.2) is 0 Å². The van der Waals surface area contributed by atoms with E-state index in [2.05, 4.69) is 30.5 Å². The van der Waals surface area contributed by atoms with E-state index >= 15 is 0 Å². The van der Waals surface area contributed by atoms with Gasteiger partial charge in [0.2, 0.25) is 0 Å². The Balaban J connectivity index is 2.39. The van der Waals surface area contributed by atoms with Crippen LogP contribution in [-0.2, 0) is 6.42 Å². The average molecular weight is 240 g/mol. The van der Waals surface area contributed by atoms with Crippen LogP contribution in [0.1, 0.15) is 18.9 Å². The van der Waals surface area contributed by atoms with E-state index in [4.69, 9.17) is 17.3 Å². The maximum atomic E-state index is 6.34. The number of thiophene rings is 1. The van der Waals surface area contributed by atoms with Crippen LogP contribution in [0.3, 0.4) is 0 Å². The molecule has 1 aromatic heterocycles. The van der Waals surface area contributed by atoms with Crippen LogP contribution in [0.15, 0.2) is 23.6 Å². The lowest BCUT2D eigenvalue weighted by Gasteiger charge is -2.10. The van der Waals surface area contributed by atoms with Gasteiger partial charge in [-0.25, -0.2) is 0 Å². The Morgan fingerprint density at radius 3 is 2.93 bits per heavy atom. The summed E-state index contributed by atoms with van der Waals surface area (Å²) in [5.41, 5.74) is 7.11. The van der Waals surface area contributed by atoms with E-state index in [1.165, 1.54) is 15.6 Å². The van der Waals surface area contributed by atoms with E-state index in [0.29, 0.717) is 0 Å². The fourth-order valence-electron chi connectivity index (χ4n) is 1.62. The van der Waals surface area contributed by atoms with Gasteiger partial charge in [-0.1, -0.05) is 30.7 Å². The van der Waals surface area contributed by atoms with Crippen molar-refractivity contribution in [2.75, 3.05) is 0 Å². The summed E-state index contributed by atoms with van der Waals surface area (Å²) in [4.78, 5) is 0. The molecular formula is C12H14ClNS. The Morgan fingerprint density at radius 2 is 2.20 bits per heavy atom. The molecule has 1 atom stereocenters. The zero-order valence-electron chi connectivity index (χ0n) is 8.66. The van der Waals surface area contributed by atoms with Crippen LogP contribution >= 0.6 is 22.9 Å². The molecule has 3 heteroatoms. The van der Waals surface area contributed by atoms with Crippen molar-refractivity contribution in [1.29, 1.82) is 0 Å². The van der Waals surface area contributed by atoms with Crippen molar-refractivity contribution in [3.63, 3.8) is 0 Å². The Bertz CT molecular complexity index is 464. The van der Waals surface area contributed by atoms with E-state index in [0.717, 1.165) is 17.9 Å². The smallest absolute Gasteiger partial charge is 0.0616 e. The molecule has 2 N–H and O–H groups in total. The lowest BCUT2D eigenvalue weighted by molar-refractivity contribution is 0.647. The molecule has 0 aliphatic heterocycles. The van der Waals surface area contributed by atoms with Crippen molar-refractivity contribution >= 4 is 33.0 Å². The molecule has 1 heterocycles. The summed E-state index contributed by atoms with van der Waals surface area (Å²) in [6, 6.07) is 6.51. The van der Waals surface area contributed by atoms with Crippen molar-refractivity contribution < 1.29 is 0 Å². The Morgan fingerprint density at radius 1 is 1.40 bits per heavy atom. The second kappa shape index (κ2) is 4.52. The molecule has 2 aromatic rings. The van der Waals surface area contributed by atoms with E-state index in [-0.39, 0.29) is 6.04 Å². The summed E-state index contributed by atoms with van der Waals surface area (Å²) in [7, 11) is 0. The number of hydrogen-bond acceptors (Lipinski definition) is 2. The summed E-state index contributed by atoms with van der Waals surface area (Å²) < 4.78 is 1.18. The van der Waals surface area contributed by atoms with Gasteiger partial charge in [0.25, 0.3) is 0 Å². The predicted molar refractivity (Wildman–Crippen MR) is 68.8 cm³/mol. The van der Waals surface area contributed by atoms with Gasteiger partial charge in [-0.3, -0.25) is 0 Å². The normalized spacial score (nSPS) is 13.3. The van der Waals surface area contributed by atoms with Gasteiger partial charge in [0, 0.05) is 6.04 Å². The largest absolute Gasteiger partial charge is 0.327 e. The van der Waals surface area contributed by atoms with Gasteiger partial charge in [0.1, 0.15) is 0 Å². The number of halogens is 1. The van der Waals surface area contributed by atoms with Crippen LogP contribution < -0.4 is 5.73 Å². The highest BCUT2D eigenvalue weighted by atomic mass is 35.5. The summed E-state index contributed by atoms with van der Waals surface area (Å²) in [5, 5.41) is 4.17. The maximum absolute atomic E-state index is 6.34. The van der Waals surface area contributed by atoms with Crippen molar-refractivity contribution in [3.05, 3.63) is 34.2 Å². The van der Waals surface area contributed by atoms with Gasteiger partial charge in [-0.15, -0.1) is 11.3 Å². The number of nitrogens with two attached hydrogens (primary N) is 1. The maximum Gasteiger partial charge on any atom is 0.0616 e. The third-order valence-corrected chi connectivity index (χ3v) is 4.14. The first-order valence-electron chi connectivity index (χ1n) is 5.12. The van der Waals surface area contributed by atoms with E-state index in [9.17, 15) is 0 Å². The van der Waals surface area contributed by atoms with E-state index in [1.807, 2.05) is 0 Å². The molecule has 0 radical (unpaired) electrons. The molecule has 0 fully saturated rings. The van der Waals surface area contributed by atoms with Crippen LogP contribution in [0.2, 0.25) is 5.02 Å².